The Balaban J connectivity index is 1.90. The van der Waals surface area contributed by atoms with Crippen LogP contribution in [0.2, 0.25) is 0 Å². The summed E-state index contributed by atoms with van der Waals surface area (Å²) >= 11 is 1.18. The minimum atomic E-state index is -2.55. The number of halogens is 1. The average Bonchev–Trinajstić information content (AvgIpc) is 2.96. The van der Waals surface area contributed by atoms with Crippen molar-refractivity contribution < 1.29 is 23.6 Å². The highest BCUT2D eigenvalue weighted by Gasteiger charge is 2.53. The smallest absolute Gasteiger partial charge is 0.285 e. The fraction of sp³-hybridized carbons (Fsp3) is 0.385. The number of carbonyl (C=O) groups is 4. The van der Waals surface area contributed by atoms with Gasteiger partial charge >= 0.3 is 0 Å². The van der Waals surface area contributed by atoms with E-state index in [0.29, 0.717) is 10.6 Å². The van der Waals surface area contributed by atoms with Gasteiger partial charge in [-0.2, -0.15) is 0 Å². The van der Waals surface area contributed by atoms with Gasteiger partial charge in [0.1, 0.15) is 5.00 Å². The number of nitrogens with one attached hydrogen (secondary N) is 2. The predicted octanol–water partition coefficient (Wildman–Crippen LogP) is 0.765. The first kappa shape index (κ1) is 14.6. The van der Waals surface area contributed by atoms with Crippen molar-refractivity contribution >= 4 is 40.0 Å². The number of carbonyl (C=O) groups excluding carboxylic acids is 4. The summed E-state index contributed by atoms with van der Waals surface area (Å²) < 4.78 is 15.0. The van der Waals surface area contributed by atoms with Crippen molar-refractivity contribution in [1.29, 1.82) is 0 Å². The molecule has 1 aromatic heterocycles. The molecule has 22 heavy (non-hydrogen) atoms. The SMILES string of the molecule is CC(=O)Nc1scc2c1CN([C@@]1(F)CCC(=O)NC1=O)C2=O. The van der Waals surface area contributed by atoms with E-state index in [1.54, 1.807) is 0 Å². The third-order valence-electron chi connectivity index (χ3n) is 3.69. The maximum atomic E-state index is 15.0. The summed E-state index contributed by atoms with van der Waals surface area (Å²) in [5, 5.41) is 6.50. The van der Waals surface area contributed by atoms with Crippen molar-refractivity contribution in [3.63, 3.8) is 0 Å². The van der Waals surface area contributed by atoms with Gasteiger partial charge in [-0.05, 0) is 0 Å². The zero-order valence-electron chi connectivity index (χ0n) is 11.6. The van der Waals surface area contributed by atoms with Crippen LogP contribution < -0.4 is 10.6 Å². The van der Waals surface area contributed by atoms with Crippen molar-refractivity contribution in [2.45, 2.75) is 32.1 Å². The van der Waals surface area contributed by atoms with Crippen LogP contribution in [0.15, 0.2) is 5.38 Å². The molecule has 0 radical (unpaired) electrons. The van der Waals surface area contributed by atoms with Crippen molar-refractivity contribution in [3.05, 3.63) is 16.5 Å². The first-order valence-corrected chi connectivity index (χ1v) is 7.44. The van der Waals surface area contributed by atoms with E-state index < -0.39 is 23.5 Å². The molecule has 3 heterocycles. The largest absolute Gasteiger partial charge is 0.318 e. The predicted molar refractivity (Wildman–Crippen MR) is 74.7 cm³/mol. The Bertz CT molecular complexity index is 716. The van der Waals surface area contributed by atoms with E-state index in [2.05, 4.69) is 5.32 Å². The summed E-state index contributed by atoms with van der Waals surface area (Å²) in [6.07, 6.45) is -0.538. The molecule has 3 rings (SSSR count). The van der Waals surface area contributed by atoms with Crippen LogP contribution in [0.4, 0.5) is 9.39 Å². The quantitative estimate of drug-likeness (QED) is 0.620. The summed E-state index contributed by atoms with van der Waals surface area (Å²) in [6, 6.07) is 0. The highest BCUT2D eigenvalue weighted by molar-refractivity contribution is 7.15. The highest BCUT2D eigenvalue weighted by atomic mass is 32.1. The normalized spacial score (nSPS) is 24.3. The molecule has 1 aromatic rings. The maximum Gasteiger partial charge on any atom is 0.285 e. The zero-order chi connectivity index (χ0) is 16.1. The molecule has 0 saturated carbocycles. The number of hydrogen-bond acceptors (Lipinski definition) is 5. The molecule has 2 aliphatic heterocycles. The summed E-state index contributed by atoms with van der Waals surface area (Å²) in [4.78, 5) is 47.3. The summed E-state index contributed by atoms with van der Waals surface area (Å²) in [6.45, 7) is 1.21. The van der Waals surface area contributed by atoms with Crippen LogP contribution in [0.3, 0.4) is 0 Å². The van der Waals surface area contributed by atoms with Crippen LogP contribution in [-0.2, 0) is 20.9 Å². The van der Waals surface area contributed by atoms with Gasteiger partial charge in [-0.1, -0.05) is 0 Å². The van der Waals surface area contributed by atoms with Gasteiger partial charge in [0.2, 0.25) is 11.8 Å². The standard InChI is InChI=1S/C13H12FN3O4S/c1-6(18)15-10-7-4-17(11(20)8(7)5-22-10)13(14)3-2-9(19)16-12(13)21/h5H,2-4H2,1H3,(H,15,18)(H,16,19,21)/t13-/m0/s1. The van der Waals surface area contributed by atoms with Crippen molar-refractivity contribution in [2.24, 2.45) is 0 Å². The molecule has 1 saturated heterocycles. The number of thiophene rings is 1. The second kappa shape index (κ2) is 4.87. The lowest BCUT2D eigenvalue weighted by Gasteiger charge is -2.35. The molecule has 9 heteroatoms. The Labute approximate surface area is 128 Å². The molecule has 1 atom stereocenters. The molecular formula is C13H12FN3O4S. The number of fused-ring (bicyclic) bond motifs is 1. The number of rotatable bonds is 2. The molecular weight excluding hydrogens is 313 g/mol. The molecule has 0 spiro atoms. The fourth-order valence-corrected chi connectivity index (χ4v) is 3.58. The highest BCUT2D eigenvalue weighted by Crippen LogP contribution is 2.40. The van der Waals surface area contributed by atoms with Crippen LogP contribution in [0, 0.1) is 0 Å². The Morgan fingerprint density at radius 2 is 2.18 bits per heavy atom. The van der Waals surface area contributed by atoms with Crippen molar-refractivity contribution in [2.75, 3.05) is 5.32 Å². The van der Waals surface area contributed by atoms with Crippen LogP contribution in [0.1, 0.15) is 35.7 Å². The van der Waals surface area contributed by atoms with Gasteiger partial charge in [0.15, 0.2) is 0 Å². The van der Waals surface area contributed by atoms with Gasteiger partial charge in [0, 0.05) is 30.7 Å². The molecule has 0 bridgehead atoms. The Morgan fingerprint density at radius 3 is 2.82 bits per heavy atom. The van der Waals surface area contributed by atoms with Crippen molar-refractivity contribution in [1.82, 2.24) is 10.2 Å². The molecule has 2 N–H and O–H groups in total. The third kappa shape index (κ3) is 2.08. The monoisotopic (exact) mass is 325 g/mol. The second-order valence-corrected chi connectivity index (χ2v) is 6.05. The number of nitrogens with zero attached hydrogens (tertiary/aromatic N) is 1. The van der Waals surface area contributed by atoms with Crippen LogP contribution in [0.5, 0.6) is 0 Å². The molecule has 0 aromatic carbocycles. The molecule has 7 nitrogen and oxygen atoms in total. The summed E-state index contributed by atoms with van der Waals surface area (Å²) in [7, 11) is 0. The molecule has 0 unspecified atom stereocenters. The van der Waals surface area contributed by atoms with Gasteiger partial charge in [-0.15, -0.1) is 11.3 Å². The topological polar surface area (TPSA) is 95.6 Å². The van der Waals surface area contributed by atoms with Gasteiger partial charge in [0.25, 0.3) is 17.6 Å². The lowest BCUT2D eigenvalue weighted by Crippen LogP contribution is -2.60. The van der Waals surface area contributed by atoms with E-state index in [4.69, 9.17) is 0 Å². The Morgan fingerprint density at radius 1 is 1.45 bits per heavy atom. The minimum Gasteiger partial charge on any atom is -0.318 e. The molecule has 116 valence electrons. The zero-order valence-corrected chi connectivity index (χ0v) is 12.4. The number of hydrogen-bond donors (Lipinski definition) is 2. The Kier molecular flexibility index (Phi) is 3.24. The van der Waals surface area contributed by atoms with E-state index in [1.165, 1.54) is 23.6 Å². The van der Waals surface area contributed by atoms with E-state index >= 15 is 0 Å². The third-order valence-corrected chi connectivity index (χ3v) is 4.62. The average molecular weight is 325 g/mol. The molecule has 4 amide bonds. The number of imide groups is 1. The van der Waals surface area contributed by atoms with Gasteiger partial charge < -0.3 is 5.32 Å². The van der Waals surface area contributed by atoms with E-state index in [0.717, 1.165) is 4.90 Å². The number of alkyl halides is 1. The van der Waals surface area contributed by atoms with E-state index in [9.17, 15) is 23.6 Å². The summed E-state index contributed by atoms with van der Waals surface area (Å²) in [5.74, 6) is -5.14. The number of anilines is 1. The first-order valence-electron chi connectivity index (χ1n) is 6.56. The number of piperidine rings is 1. The lowest BCUT2D eigenvalue weighted by molar-refractivity contribution is -0.154. The number of amides is 4. The second-order valence-electron chi connectivity index (χ2n) is 5.17. The maximum absolute atomic E-state index is 15.0. The van der Waals surface area contributed by atoms with Crippen LogP contribution >= 0.6 is 11.3 Å². The first-order chi connectivity index (χ1) is 10.3. The van der Waals surface area contributed by atoms with Gasteiger partial charge in [0.05, 0.1) is 12.1 Å². The van der Waals surface area contributed by atoms with Crippen molar-refractivity contribution in [3.8, 4) is 0 Å². The van der Waals surface area contributed by atoms with Gasteiger partial charge in [-0.25, -0.2) is 4.39 Å². The fourth-order valence-electron chi connectivity index (χ4n) is 2.58. The Hall–Kier alpha value is -2.29. The van der Waals surface area contributed by atoms with E-state index in [1.807, 2.05) is 5.32 Å². The van der Waals surface area contributed by atoms with E-state index in [-0.39, 0.29) is 30.9 Å². The molecule has 0 aliphatic carbocycles. The van der Waals surface area contributed by atoms with Gasteiger partial charge in [-0.3, -0.25) is 29.4 Å². The minimum absolute atomic E-state index is 0.120. The molecule has 1 fully saturated rings. The lowest BCUT2D eigenvalue weighted by atomic mass is 10.0. The molecule has 2 aliphatic rings. The van der Waals surface area contributed by atoms with Crippen LogP contribution in [-0.4, -0.2) is 34.3 Å². The summed E-state index contributed by atoms with van der Waals surface area (Å²) in [5.41, 5.74) is 0.766. The van der Waals surface area contributed by atoms with Crippen LogP contribution in [0.25, 0.3) is 0 Å².